The first-order valence-electron chi connectivity index (χ1n) is 6.85. The Labute approximate surface area is 120 Å². The number of ether oxygens (including phenoxy) is 4. The lowest BCUT2D eigenvalue weighted by atomic mass is 10.2. The van der Waals surface area contributed by atoms with Crippen molar-refractivity contribution in [2.45, 2.75) is 25.7 Å². The number of nitrogens with one attached hydrogen (secondary N) is 1. The van der Waals surface area contributed by atoms with Gasteiger partial charge < -0.3 is 24.3 Å². The summed E-state index contributed by atoms with van der Waals surface area (Å²) < 4.78 is 21.7. The van der Waals surface area contributed by atoms with E-state index in [1.807, 2.05) is 38.1 Å². The summed E-state index contributed by atoms with van der Waals surface area (Å²) in [7, 11) is 1.66. The molecule has 2 rings (SSSR count). The van der Waals surface area contributed by atoms with Crippen LogP contribution in [0.15, 0.2) is 24.3 Å². The molecule has 0 aliphatic carbocycles. The Hall–Kier alpha value is -1.30. The van der Waals surface area contributed by atoms with Gasteiger partial charge in [0, 0.05) is 12.8 Å². The van der Waals surface area contributed by atoms with E-state index < -0.39 is 5.79 Å². The summed E-state index contributed by atoms with van der Waals surface area (Å²) in [4.78, 5) is 0. The number of hydrogen-bond donors (Lipinski definition) is 1. The van der Waals surface area contributed by atoms with Gasteiger partial charge in [-0.05, 0) is 38.1 Å². The van der Waals surface area contributed by atoms with Crippen molar-refractivity contribution < 1.29 is 18.9 Å². The largest absolute Gasteiger partial charge is 0.491 e. The first-order valence-corrected chi connectivity index (χ1v) is 6.85. The number of benzene rings is 1. The van der Waals surface area contributed by atoms with Gasteiger partial charge in [-0.25, -0.2) is 0 Å². The van der Waals surface area contributed by atoms with Gasteiger partial charge >= 0.3 is 0 Å². The second-order valence-corrected chi connectivity index (χ2v) is 5.23. The summed E-state index contributed by atoms with van der Waals surface area (Å²) in [6.07, 6.45) is 0. The van der Waals surface area contributed by atoms with Crippen molar-refractivity contribution >= 4 is 5.69 Å². The topological polar surface area (TPSA) is 49.0 Å². The van der Waals surface area contributed by atoms with Crippen LogP contribution in [0.4, 0.5) is 5.69 Å². The fourth-order valence-electron chi connectivity index (χ4n) is 1.90. The van der Waals surface area contributed by atoms with Gasteiger partial charge in [0.05, 0.1) is 25.9 Å². The van der Waals surface area contributed by atoms with Crippen LogP contribution in [0.5, 0.6) is 5.75 Å². The molecule has 0 bridgehead atoms. The summed E-state index contributed by atoms with van der Waals surface area (Å²) in [5.41, 5.74) is 1.03. The van der Waals surface area contributed by atoms with Crippen molar-refractivity contribution in [3.63, 3.8) is 0 Å². The maximum absolute atomic E-state index is 5.62. The SMILES string of the molecule is COCCOc1ccc(NC2COC(C)(C)OC2)cc1. The van der Waals surface area contributed by atoms with Crippen molar-refractivity contribution in [2.75, 3.05) is 38.9 Å². The molecule has 1 N–H and O–H groups in total. The Balaban J connectivity index is 1.79. The molecule has 5 nitrogen and oxygen atoms in total. The van der Waals surface area contributed by atoms with Crippen LogP contribution in [0.3, 0.4) is 0 Å². The second-order valence-electron chi connectivity index (χ2n) is 5.23. The zero-order valence-corrected chi connectivity index (χ0v) is 12.3. The van der Waals surface area contributed by atoms with Crippen molar-refractivity contribution in [3.05, 3.63) is 24.3 Å². The third-order valence-electron chi connectivity index (χ3n) is 3.05. The first kappa shape index (κ1) is 15.1. The smallest absolute Gasteiger partial charge is 0.162 e. The molecule has 1 aliphatic rings. The minimum absolute atomic E-state index is 0.170. The lowest BCUT2D eigenvalue weighted by Crippen LogP contribution is -2.45. The molecule has 1 aromatic carbocycles. The van der Waals surface area contributed by atoms with Crippen molar-refractivity contribution in [3.8, 4) is 5.75 Å². The average Bonchev–Trinajstić information content (AvgIpc) is 2.43. The Morgan fingerprint density at radius 2 is 1.80 bits per heavy atom. The summed E-state index contributed by atoms with van der Waals surface area (Å²) >= 11 is 0. The molecule has 1 fully saturated rings. The van der Waals surface area contributed by atoms with E-state index in [1.165, 1.54) is 0 Å². The number of methoxy groups -OCH3 is 1. The predicted octanol–water partition coefficient (Wildman–Crippen LogP) is 2.28. The van der Waals surface area contributed by atoms with Crippen LogP contribution in [-0.2, 0) is 14.2 Å². The highest BCUT2D eigenvalue weighted by Gasteiger charge is 2.28. The van der Waals surface area contributed by atoms with Crippen LogP contribution in [0.2, 0.25) is 0 Å². The summed E-state index contributed by atoms with van der Waals surface area (Å²) in [6, 6.07) is 8.02. The predicted molar refractivity (Wildman–Crippen MR) is 77.2 cm³/mol. The molecule has 0 spiro atoms. The Bertz CT molecular complexity index is 395. The lowest BCUT2D eigenvalue weighted by molar-refractivity contribution is -0.247. The van der Waals surface area contributed by atoms with Gasteiger partial charge in [0.1, 0.15) is 12.4 Å². The van der Waals surface area contributed by atoms with Gasteiger partial charge in [0.25, 0.3) is 0 Å². The molecule has 0 atom stereocenters. The molecular formula is C15H23NO4. The quantitative estimate of drug-likeness (QED) is 0.811. The van der Waals surface area contributed by atoms with E-state index >= 15 is 0 Å². The van der Waals surface area contributed by atoms with Gasteiger partial charge in [-0.15, -0.1) is 0 Å². The van der Waals surface area contributed by atoms with Crippen LogP contribution in [0, 0.1) is 0 Å². The highest BCUT2D eigenvalue weighted by molar-refractivity contribution is 5.47. The van der Waals surface area contributed by atoms with E-state index in [-0.39, 0.29) is 6.04 Å². The third-order valence-corrected chi connectivity index (χ3v) is 3.05. The first-order chi connectivity index (χ1) is 9.59. The summed E-state index contributed by atoms with van der Waals surface area (Å²) in [5.74, 6) is 0.363. The van der Waals surface area contributed by atoms with Crippen LogP contribution in [-0.4, -0.2) is 45.4 Å². The molecule has 0 radical (unpaired) electrons. The van der Waals surface area contributed by atoms with Crippen LogP contribution < -0.4 is 10.1 Å². The fraction of sp³-hybridized carbons (Fsp3) is 0.600. The van der Waals surface area contributed by atoms with E-state index in [0.717, 1.165) is 11.4 Å². The molecule has 1 heterocycles. The van der Waals surface area contributed by atoms with E-state index in [1.54, 1.807) is 7.11 Å². The maximum atomic E-state index is 5.62. The Morgan fingerprint density at radius 3 is 2.40 bits per heavy atom. The molecule has 1 saturated heterocycles. The number of anilines is 1. The fourth-order valence-corrected chi connectivity index (χ4v) is 1.90. The third kappa shape index (κ3) is 4.67. The molecule has 5 heteroatoms. The van der Waals surface area contributed by atoms with Gasteiger partial charge in [-0.1, -0.05) is 0 Å². The van der Waals surface area contributed by atoms with Crippen molar-refractivity contribution in [1.29, 1.82) is 0 Å². The number of hydrogen-bond acceptors (Lipinski definition) is 5. The highest BCUT2D eigenvalue weighted by atomic mass is 16.7. The minimum Gasteiger partial charge on any atom is -0.491 e. The highest BCUT2D eigenvalue weighted by Crippen LogP contribution is 2.21. The standard InChI is InChI=1S/C15H23NO4/c1-15(2)19-10-13(11-20-15)16-12-4-6-14(7-5-12)18-9-8-17-3/h4-7,13,16H,8-11H2,1-3H3. The van der Waals surface area contributed by atoms with Gasteiger partial charge in [0.2, 0.25) is 0 Å². The van der Waals surface area contributed by atoms with Crippen molar-refractivity contribution in [2.24, 2.45) is 0 Å². The molecule has 112 valence electrons. The van der Waals surface area contributed by atoms with Crippen LogP contribution in [0.25, 0.3) is 0 Å². The average molecular weight is 281 g/mol. The van der Waals surface area contributed by atoms with E-state index in [4.69, 9.17) is 18.9 Å². The second kappa shape index (κ2) is 6.92. The monoisotopic (exact) mass is 281 g/mol. The normalized spacial score (nSPS) is 18.8. The number of rotatable bonds is 6. The zero-order valence-electron chi connectivity index (χ0n) is 12.3. The summed E-state index contributed by atoms with van der Waals surface area (Å²) in [5, 5.41) is 3.38. The molecule has 0 saturated carbocycles. The Morgan fingerprint density at radius 1 is 1.15 bits per heavy atom. The maximum Gasteiger partial charge on any atom is 0.162 e. The van der Waals surface area contributed by atoms with Gasteiger partial charge in [-0.3, -0.25) is 0 Å². The molecule has 1 aliphatic heterocycles. The molecular weight excluding hydrogens is 258 g/mol. The van der Waals surface area contributed by atoms with E-state index in [9.17, 15) is 0 Å². The zero-order chi connectivity index (χ0) is 14.4. The lowest BCUT2D eigenvalue weighted by Gasteiger charge is -2.35. The summed E-state index contributed by atoms with van der Waals surface area (Å²) in [6.45, 7) is 6.28. The van der Waals surface area contributed by atoms with Gasteiger partial charge in [0.15, 0.2) is 5.79 Å². The molecule has 0 amide bonds. The van der Waals surface area contributed by atoms with E-state index in [2.05, 4.69) is 5.32 Å². The Kier molecular flexibility index (Phi) is 5.23. The van der Waals surface area contributed by atoms with Gasteiger partial charge in [-0.2, -0.15) is 0 Å². The molecule has 1 aromatic rings. The van der Waals surface area contributed by atoms with E-state index in [0.29, 0.717) is 26.4 Å². The van der Waals surface area contributed by atoms with Crippen LogP contribution >= 0.6 is 0 Å². The molecule has 0 unspecified atom stereocenters. The molecule has 0 aromatic heterocycles. The van der Waals surface area contributed by atoms with Crippen molar-refractivity contribution in [1.82, 2.24) is 0 Å². The van der Waals surface area contributed by atoms with Crippen LogP contribution in [0.1, 0.15) is 13.8 Å². The molecule has 20 heavy (non-hydrogen) atoms. The minimum atomic E-state index is -0.475.